The normalized spacial score (nSPS) is 10.9. The Morgan fingerprint density at radius 1 is 1.05 bits per heavy atom. The van der Waals surface area contributed by atoms with E-state index in [0.717, 1.165) is 12.1 Å². The van der Waals surface area contributed by atoms with Gasteiger partial charge in [0.1, 0.15) is 23.1 Å². The number of ether oxygens (including phenoxy) is 1. The number of hydrogen-bond acceptors (Lipinski definition) is 2. The lowest BCUT2D eigenvalue weighted by molar-refractivity contribution is -0.137. The average molecular weight is 298 g/mol. The third-order valence-electron chi connectivity index (χ3n) is 2.50. The largest absolute Gasteiger partial charge is 0.456 e. The van der Waals surface area contributed by atoms with Crippen LogP contribution in [0.5, 0.6) is 11.5 Å². The number of nitriles is 1. The molecule has 0 heterocycles. The molecule has 20 heavy (non-hydrogen) atoms. The van der Waals surface area contributed by atoms with Crippen LogP contribution in [0.1, 0.15) is 11.1 Å². The van der Waals surface area contributed by atoms with Gasteiger partial charge in [-0.2, -0.15) is 18.4 Å². The van der Waals surface area contributed by atoms with Gasteiger partial charge in [0, 0.05) is 0 Å². The fourth-order valence-corrected chi connectivity index (χ4v) is 1.74. The molecule has 2 nitrogen and oxygen atoms in total. The number of alkyl halides is 3. The van der Waals surface area contributed by atoms with Crippen LogP contribution in [0.3, 0.4) is 0 Å². The van der Waals surface area contributed by atoms with Crippen molar-refractivity contribution in [2.75, 3.05) is 0 Å². The zero-order valence-electron chi connectivity index (χ0n) is 9.91. The summed E-state index contributed by atoms with van der Waals surface area (Å²) in [6.07, 6.45) is -4.40. The molecule has 0 atom stereocenters. The lowest BCUT2D eigenvalue weighted by Gasteiger charge is -2.10. The molecular formula is C14H7ClF3NO. The monoisotopic (exact) mass is 297 g/mol. The third-order valence-corrected chi connectivity index (χ3v) is 2.81. The van der Waals surface area contributed by atoms with Crippen LogP contribution in [0.2, 0.25) is 5.02 Å². The van der Waals surface area contributed by atoms with Crippen LogP contribution in [-0.2, 0) is 6.18 Å². The van der Waals surface area contributed by atoms with Gasteiger partial charge in [-0.05, 0) is 36.4 Å². The van der Waals surface area contributed by atoms with Gasteiger partial charge in [-0.25, -0.2) is 0 Å². The van der Waals surface area contributed by atoms with Crippen LogP contribution in [0.15, 0.2) is 42.5 Å². The fraction of sp³-hybridized carbons (Fsp3) is 0.0714. The standard InChI is InChI=1S/C14H7ClF3NO/c15-12-2-1-3-13(11(12)8-19)20-10-6-4-9(5-7-10)14(16,17)18/h1-7H. The Hall–Kier alpha value is -2.19. The molecule has 2 aromatic carbocycles. The Bertz CT molecular complexity index is 660. The lowest BCUT2D eigenvalue weighted by atomic mass is 10.2. The van der Waals surface area contributed by atoms with E-state index in [2.05, 4.69) is 0 Å². The van der Waals surface area contributed by atoms with E-state index in [1.165, 1.54) is 24.3 Å². The van der Waals surface area contributed by atoms with E-state index >= 15 is 0 Å². The van der Waals surface area contributed by atoms with E-state index in [1.807, 2.05) is 6.07 Å². The molecule has 0 aliphatic carbocycles. The van der Waals surface area contributed by atoms with Crippen LogP contribution >= 0.6 is 11.6 Å². The third kappa shape index (κ3) is 3.03. The summed E-state index contributed by atoms with van der Waals surface area (Å²) in [6, 6.07) is 10.7. The van der Waals surface area contributed by atoms with Gasteiger partial charge in [0.2, 0.25) is 0 Å². The first kappa shape index (κ1) is 14.2. The van der Waals surface area contributed by atoms with Gasteiger partial charge < -0.3 is 4.74 Å². The Morgan fingerprint density at radius 3 is 2.25 bits per heavy atom. The summed E-state index contributed by atoms with van der Waals surface area (Å²) in [4.78, 5) is 0. The van der Waals surface area contributed by atoms with E-state index < -0.39 is 11.7 Å². The predicted molar refractivity (Wildman–Crippen MR) is 67.7 cm³/mol. The van der Waals surface area contributed by atoms with Gasteiger partial charge in [0.05, 0.1) is 10.6 Å². The molecule has 0 aromatic heterocycles. The summed E-state index contributed by atoms with van der Waals surface area (Å²) < 4.78 is 42.6. The van der Waals surface area contributed by atoms with Crippen LogP contribution < -0.4 is 4.74 Å². The first-order valence-corrected chi connectivity index (χ1v) is 5.83. The molecule has 2 aromatic rings. The number of rotatable bonds is 2. The topological polar surface area (TPSA) is 33.0 Å². The number of benzene rings is 2. The predicted octanol–water partition coefficient (Wildman–Crippen LogP) is 5.02. The van der Waals surface area contributed by atoms with E-state index in [4.69, 9.17) is 21.6 Å². The summed E-state index contributed by atoms with van der Waals surface area (Å²) in [5.41, 5.74) is -0.634. The molecule has 0 spiro atoms. The Kier molecular flexibility index (Phi) is 3.86. The van der Waals surface area contributed by atoms with Gasteiger partial charge in [0.15, 0.2) is 0 Å². The van der Waals surface area contributed by atoms with Crippen LogP contribution in [0.25, 0.3) is 0 Å². The zero-order valence-corrected chi connectivity index (χ0v) is 10.7. The maximum Gasteiger partial charge on any atom is 0.416 e. The van der Waals surface area contributed by atoms with Gasteiger partial charge in [-0.3, -0.25) is 0 Å². The molecule has 0 radical (unpaired) electrons. The molecule has 0 saturated heterocycles. The Balaban J connectivity index is 2.28. The minimum atomic E-state index is -4.40. The highest BCUT2D eigenvalue weighted by molar-refractivity contribution is 6.31. The van der Waals surface area contributed by atoms with Crippen LogP contribution in [0, 0.1) is 11.3 Å². The highest BCUT2D eigenvalue weighted by Crippen LogP contribution is 2.33. The van der Waals surface area contributed by atoms with E-state index in [9.17, 15) is 13.2 Å². The van der Waals surface area contributed by atoms with E-state index in [0.29, 0.717) is 0 Å². The molecular weight excluding hydrogens is 291 g/mol. The van der Waals surface area contributed by atoms with Crippen molar-refractivity contribution in [1.82, 2.24) is 0 Å². The Morgan fingerprint density at radius 2 is 1.70 bits per heavy atom. The number of halogens is 4. The van der Waals surface area contributed by atoms with E-state index in [1.54, 1.807) is 6.07 Å². The molecule has 0 unspecified atom stereocenters. The van der Waals surface area contributed by atoms with Crippen molar-refractivity contribution in [1.29, 1.82) is 5.26 Å². The van der Waals surface area contributed by atoms with Gasteiger partial charge in [-0.1, -0.05) is 17.7 Å². The highest BCUT2D eigenvalue weighted by atomic mass is 35.5. The maximum atomic E-state index is 12.4. The maximum absolute atomic E-state index is 12.4. The Labute approximate surface area is 118 Å². The molecule has 6 heteroatoms. The molecule has 0 N–H and O–H groups in total. The van der Waals surface area contributed by atoms with Crippen molar-refractivity contribution in [3.05, 3.63) is 58.6 Å². The first-order valence-electron chi connectivity index (χ1n) is 5.45. The molecule has 0 fully saturated rings. The summed E-state index contributed by atoms with van der Waals surface area (Å²) >= 11 is 5.83. The second-order valence-electron chi connectivity index (χ2n) is 3.85. The SMILES string of the molecule is N#Cc1c(Cl)cccc1Oc1ccc(C(F)(F)F)cc1. The molecule has 0 amide bonds. The van der Waals surface area contributed by atoms with Gasteiger partial charge in [0.25, 0.3) is 0 Å². The van der Waals surface area contributed by atoms with Crippen molar-refractivity contribution in [2.45, 2.75) is 6.18 Å². The van der Waals surface area contributed by atoms with Crippen molar-refractivity contribution in [2.24, 2.45) is 0 Å². The fourth-order valence-electron chi connectivity index (χ4n) is 1.54. The van der Waals surface area contributed by atoms with Crippen molar-refractivity contribution in [3.63, 3.8) is 0 Å². The highest BCUT2D eigenvalue weighted by Gasteiger charge is 2.30. The minimum Gasteiger partial charge on any atom is -0.456 e. The van der Waals surface area contributed by atoms with Gasteiger partial charge in [-0.15, -0.1) is 0 Å². The van der Waals surface area contributed by atoms with Crippen molar-refractivity contribution in [3.8, 4) is 17.6 Å². The second kappa shape index (κ2) is 5.43. The number of hydrogen-bond donors (Lipinski definition) is 0. The molecule has 0 bridgehead atoms. The number of nitrogens with zero attached hydrogens (tertiary/aromatic N) is 1. The van der Waals surface area contributed by atoms with E-state index in [-0.39, 0.29) is 22.1 Å². The van der Waals surface area contributed by atoms with Gasteiger partial charge >= 0.3 is 6.18 Å². The lowest BCUT2D eigenvalue weighted by Crippen LogP contribution is -2.04. The van der Waals surface area contributed by atoms with Crippen molar-refractivity contribution >= 4 is 11.6 Å². The van der Waals surface area contributed by atoms with Crippen molar-refractivity contribution < 1.29 is 17.9 Å². The summed E-state index contributed by atoms with van der Waals surface area (Å²) in [6.45, 7) is 0. The minimum absolute atomic E-state index is 0.133. The van der Waals surface area contributed by atoms with Crippen LogP contribution in [0.4, 0.5) is 13.2 Å². The average Bonchev–Trinajstić information content (AvgIpc) is 2.38. The van der Waals surface area contributed by atoms with Crippen LogP contribution in [-0.4, -0.2) is 0 Å². The summed E-state index contributed by atoms with van der Waals surface area (Å²) in [5.74, 6) is 0.386. The molecule has 2 rings (SSSR count). The first-order chi connectivity index (χ1) is 9.41. The smallest absolute Gasteiger partial charge is 0.416 e. The molecule has 0 aliphatic heterocycles. The second-order valence-corrected chi connectivity index (χ2v) is 4.26. The summed E-state index contributed by atoms with van der Waals surface area (Å²) in [7, 11) is 0. The molecule has 0 saturated carbocycles. The quantitative estimate of drug-likeness (QED) is 0.779. The zero-order chi connectivity index (χ0) is 14.8. The summed E-state index contributed by atoms with van der Waals surface area (Å²) in [5, 5.41) is 9.18. The molecule has 0 aliphatic rings. The molecule has 102 valence electrons.